The van der Waals surface area contributed by atoms with E-state index < -0.39 is 0 Å². The number of aromatic nitrogens is 1. The Balaban J connectivity index is 1.91. The van der Waals surface area contributed by atoms with Crippen molar-refractivity contribution in [1.29, 1.82) is 0 Å². The highest BCUT2D eigenvalue weighted by atomic mass is 16.1. The van der Waals surface area contributed by atoms with Gasteiger partial charge in [0, 0.05) is 11.1 Å². The first-order chi connectivity index (χ1) is 11.2. The number of aryl methyl sites for hydroxylation is 1. The fraction of sp³-hybridized carbons (Fsp3) is 0.200. The predicted octanol–water partition coefficient (Wildman–Crippen LogP) is 4.68. The van der Waals surface area contributed by atoms with Crippen LogP contribution in [0, 0.1) is 6.92 Å². The largest absolute Gasteiger partial charge is 0.325 e. The predicted molar refractivity (Wildman–Crippen MR) is 94.6 cm³/mol. The van der Waals surface area contributed by atoms with E-state index in [1.807, 2.05) is 74.5 Å². The summed E-state index contributed by atoms with van der Waals surface area (Å²) in [5, 5.41) is 4.04. The number of hydrogen-bond acceptors (Lipinski definition) is 2. The van der Waals surface area contributed by atoms with Crippen LogP contribution >= 0.6 is 0 Å². The van der Waals surface area contributed by atoms with Crippen molar-refractivity contribution in [3.63, 3.8) is 0 Å². The highest BCUT2D eigenvalue weighted by Crippen LogP contribution is 2.26. The molecule has 0 radical (unpaired) electrons. The molecule has 0 bridgehead atoms. The Hall–Kier alpha value is -2.68. The number of fused-ring (bicyclic) bond motifs is 1. The standard InChI is InChI=1S/C20H20N2O/c1-3-16(15-8-5-4-6-9-15)20(23)22-19-11-7-10-18-17(19)13-12-14(2)21-18/h4-13,16H,3H2,1-2H3,(H,22,23). The van der Waals surface area contributed by atoms with Crippen LogP contribution in [0.25, 0.3) is 10.9 Å². The maximum absolute atomic E-state index is 12.7. The number of rotatable bonds is 4. The highest BCUT2D eigenvalue weighted by Gasteiger charge is 2.19. The summed E-state index contributed by atoms with van der Waals surface area (Å²) in [5.41, 5.74) is 3.73. The van der Waals surface area contributed by atoms with Crippen molar-refractivity contribution in [2.45, 2.75) is 26.2 Å². The molecular formula is C20H20N2O. The summed E-state index contributed by atoms with van der Waals surface area (Å²) >= 11 is 0. The summed E-state index contributed by atoms with van der Waals surface area (Å²) < 4.78 is 0. The summed E-state index contributed by atoms with van der Waals surface area (Å²) in [4.78, 5) is 17.2. The zero-order valence-electron chi connectivity index (χ0n) is 13.4. The lowest BCUT2D eigenvalue weighted by Gasteiger charge is -2.16. The summed E-state index contributed by atoms with van der Waals surface area (Å²) in [6.45, 7) is 4.00. The van der Waals surface area contributed by atoms with Gasteiger partial charge in [-0.05, 0) is 43.2 Å². The minimum atomic E-state index is -0.148. The third-order valence-electron chi connectivity index (χ3n) is 4.06. The number of anilines is 1. The molecule has 0 saturated carbocycles. The molecule has 3 nitrogen and oxygen atoms in total. The number of pyridine rings is 1. The molecule has 1 aromatic heterocycles. The minimum absolute atomic E-state index is 0.0202. The van der Waals surface area contributed by atoms with Gasteiger partial charge < -0.3 is 5.32 Å². The van der Waals surface area contributed by atoms with Crippen molar-refractivity contribution >= 4 is 22.5 Å². The van der Waals surface area contributed by atoms with Crippen LogP contribution in [-0.4, -0.2) is 10.9 Å². The quantitative estimate of drug-likeness (QED) is 0.760. The molecule has 1 unspecified atom stereocenters. The van der Waals surface area contributed by atoms with E-state index in [-0.39, 0.29) is 11.8 Å². The van der Waals surface area contributed by atoms with Gasteiger partial charge >= 0.3 is 0 Å². The zero-order valence-corrected chi connectivity index (χ0v) is 13.4. The molecule has 3 aromatic rings. The second kappa shape index (κ2) is 6.61. The first kappa shape index (κ1) is 15.2. The first-order valence-electron chi connectivity index (χ1n) is 7.91. The lowest BCUT2D eigenvalue weighted by Crippen LogP contribution is -2.20. The van der Waals surface area contributed by atoms with Crippen LogP contribution in [0.5, 0.6) is 0 Å². The average molecular weight is 304 g/mol. The van der Waals surface area contributed by atoms with E-state index in [0.29, 0.717) is 0 Å². The van der Waals surface area contributed by atoms with Gasteiger partial charge in [-0.1, -0.05) is 43.3 Å². The average Bonchev–Trinajstić information content (AvgIpc) is 2.56. The Bertz CT molecular complexity index is 827. The van der Waals surface area contributed by atoms with Gasteiger partial charge in [0.1, 0.15) is 0 Å². The van der Waals surface area contributed by atoms with Crippen molar-refractivity contribution in [2.24, 2.45) is 0 Å². The highest BCUT2D eigenvalue weighted by molar-refractivity contribution is 6.03. The number of benzene rings is 2. The fourth-order valence-corrected chi connectivity index (χ4v) is 2.84. The molecule has 1 N–H and O–H groups in total. The van der Waals surface area contributed by atoms with Crippen molar-refractivity contribution in [3.05, 3.63) is 71.9 Å². The van der Waals surface area contributed by atoms with E-state index in [1.54, 1.807) is 0 Å². The molecule has 1 atom stereocenters. The van der Waals surface area contributed by atoms with Crippen LogP contribution in [0.2, 0.25) is 0 Å². The summed E-state index contributed by atoms with van der Waals surface area (Å²) in [6.07, 6.45) is 0.762. The Morgan fingerprint density at radius 3 is 2.57 bits per heavy atom. The van der Waals surface area contributed by atoms with Crippen molar-refractivity contribution in [3.8, 4) is 0 Å². The number of nitrogens with one attached hydrogen (secondary N) is 1. The summed E-state index contributed by atoms with van der Waals surface area (Å²) in [5.74, 6) is -0.128. The lowest BCUT2D eigenvalue weighted by molar-refractivity contribution is -0.117. The van der Waals surface area contributed by atoms with E-state index in [0.717, 1.165) is 34.3 Å². The molecule has 0 saturated heterocycles. The van der Waals surface area contributed by atoms with Crippen LogP contribution in [0.15, 0.2) is 60.7 Å². The molecule has 3 heteroatoms. The molecule has 0 aliphatic carbocycles. The second-order valence-electron chi connectivity index (χ2n) is 5.69. The second-order valence-corrected chi connectivity index (χ2v) is 5.69. The van der Waals surface area contributed by atoms with Crippen LogP contribution in [0.3, 0.4) is 0 Å². The number of amides is 1. The van der Waals surface area contributed by atoms with E-state index in [4.69, 9.17) is 0 Å². The Labute approximate surface area is 136 Å². The van der Waals surface area contributed by atoms with Crippen LogP contribution < -0.4 is 5.32 Å². The number of hydrogen-bond donors (Lipinski definition) is 1. The van der Waals surface area contributed by atoms with Crippen molar-refractivity contribution in [1.82, 2.24) is 4.98 Å². The number of nitrogens with zero attached hydrogens (tertiary/aromatic N) is 1. The minimum Gasteiger partial charge on any atom is -0.325 e. The molecule has 0 spiro atoms. The fourth-order valence-electron chi connectivity index (χ4n) is 2.84. The lowest BCUT2D eigenvalue weighted by atomic mass is 9.95. The number of carbonyl (C=O) groups excluding carboxylic acids is 1. The van der Waals surface area contributed by atoms with Gasteiger partial charge in [-0.3, -0.25) is 9.78 Å². The third kappa shape index (κ3) is 3.24. The third-order valence-corrected chi connectivity index (χ3v) is 4.06. The summed E-state index contributed by atoms with van der Waals surface area (Å²) in [6, 6.07) is 19.7. The first-order valence-corrected chi connectivity index (χ1v) is 7.91. The molecule has 0 aliphatic heterocycles. The van der Waals surface area contributed by atoms with E-state index in [1.165, 1.54) is 0 Å². The topological polar surface area (TPSA) is 42.0 Å². The normalized spacial score (nSPS) is 12.1. The van der Waals surface area contributed by atoms with Gasteiger partial charge in [0.2, 0.25) is 5.91 Å². The van der Waals surface area contributed by atoms with E-state index in [2.05, 4.69) is 10.3 Å². The van der Waals surface area contributed by atoms with Crippen LogP contribution in [0.1, 0.15) is 30.5 Å². The monoisotopic (exact) mass is 304 g/mol. The molecule has 116 valence electrons. The molecule has 1 amide bonds. The molecule has 0 fully saturated rings. The van der Waals surface area contributed by atoms with Crippen LogP contribution in [-0.2, 0) is 4.79 Å². The smallest absolute Gasteiger partial charge is 0.231 e. The maximum Gasteiger partial charge on any atom is 0.231 e. The molecule has 0 aliphatic rings. The van der Waals surface area contributed by atoms with Gasteiger partial charge in [0.25, 0.3) is 0 Å². The van der Waals surface area contributed by atoms with Crippen LogP contribution in [0.4, 0.5) is 5.69 Å². The Morgan fingerprint density at radius 2 is 1.83 bits per heavy atom. The van der Waals surface area contributed by atoms with Gasteiger partial charge in [0.15, 0.2) is 0 Å². The van der Waals surface area contributed by atoms with Crippen molar-refractivity contribution < 1.29 is 4.79 Å². The molecule has 1 heterocycles. The summed E-state index contributed by atoms with van der Waals surface area (Å²) in [7, 11) is 0. The molecule has 2 aromatic carbocycles. The van der Waals surface area contributed by atoms with Gasteiger partial charge in [0.05, 0.1) is 17.1 Å². The zero-order chi connectivity index (χ0) is 16.2. The number of carbonyl (C=O) groups is 1. The maximum atomic E-state index is 12.7. The Kier molecular flexibility index (Phi) is 4.38. The van der Waals surface area contributed by atoms with E-state index in [9.17, 15) is 4.79 Å². The molecule has 23 heavy (non-hydrogen) atoms. The van der Waals surface area contributed by atoms with Gasteiger partial charge in [-0.15, -0.1) is 0 Å². The molecule has 3 rings (SSSR count). The van der Waals surface area contributed by atoms with Gasteiger partial charge in [-0.25, -0.2) is 0 Å². The Morgan fingerprint density at radius 1 is 1.04 bits per heavy atom. The van der Waals surface area contributed by atoms with Gasteiger partial charge in [-0.2, -0.15) is 0 Å². The SMILES string of the molecule is CCC(C(=O)Nc1cccc2nc(C)ccc12)c1ccccc1. The van der Waals surface area contributed by atoms with E-state index >= 15 is 0 Å². The molecular weight excluding hydrogens is 284 g/mol. The van der Waals surface area contributed by atoms with Crippen molar-refractivity contribution in [2.75, 3.05) is 5.32 Å².